The molecule has 1 amide bonds. The minimum absolute atomic E-state index is 0.0504. The van der Waals surface area contributed by atoms with Gasteiger partial charge in [0.05, 0.1) is 0 Å². The fraction of sp³-hybridized carbons (Fsp3) is 0.190. The lowest BCUT2D eigenvalue weighted by Gasteiger charge is -2.12. The molecule has 5 heteroatoms. The van der Waals surface area contributed by atoms with Crippen LogP contribution in [0.2, 0.25) is 0 Å². The summed E-state index contributed by atoms with van der Waals surface area (Å²) in [7, 11) is 0. The maximum Gasteiger partial charge on any atom is 0.331 e. The van der Waals surface area contributed by atoms with E-state index in [-0.39, 0.29) is 5.78 Å². The summed E-state index contributed by atoms with van der Waals surface area (Å²) in [5.41, 5.74) is 3.03. The molecule has 0 saturated heterocycles. The normalized spacial score (nSPS) is 11.8. The van der Waals surface area contributed by atoms with E-state index < -0.39 is 18.0 Å². The molecule has 134 valence electrons. The van der Waals surface area contributed by atoms with Crippen molar-refractivity contribution < 1.29 is 19.1 Å². The Morgan fingerprint density at radius 2 is 1.69 bits per heavy atom. The highest BCUT2D eigenvalue weighted by Crippen LogP contribution is 2.12. The molecule has 0 spiro atoms. The fourth-order valence-corrected chi connectivity index (χ4v) is 2.23. The summed E-state index contributed by atoms with van der Waals surface area (Å²) in [6.07, 6.45) is 2.01. The number of aryl methyl sites for hydroxylation is 1. The molecule has 0 aliphatic heterocycles. The van der Waals surface area contributed by atoms with Crippen molar-refractivity contribution in [3.63, 3.8) is 0 Å². The summed E-state index contributed by atoms with van der Waals surface area (Å²) in [6, 6.07) is 14.1. The molecule has 0 heterocycles. The summed E-state index contributed by atoms with van der Waals surface area (Å²) in [5, 5.41) is 2.64. The second-order valence-electron chi connectivity index (χ2n) is 5.89. The highest BCUT2D eigenvalue weighted by Gasteiger charge is 2.16. The Kier molecular flexibility index (Phi) is 6.44. The number of amides is 1. The number of carbonyl (C=O) groups excluding carboxylic acids is 3. The first-order chi connectivity index (χ1) is 12.4. The fourth-order valence-electron chi connectivity index (χ4n) is 2.23. The van der Waals surface area contributed by atoms with E-state index in [1.807, 2.05) is 31.2 Å². The van der Waals surface area contributed by atoms with Gasteiger partial charge in [0.2, 0.25) is 0 Å². The van der Waals surface area contributed by atoms with Crippen molar-refractivity contribution in [2.24, 2.45) is 0 Å². The minimum atomic E-state index is -0.948. The Labute approximate surface area is 152 Å². The highest BCUT2D eigenvalue weighted by molar-refractivity contribution is 5.98. The van der Waals surface area contributed by atoms with Gasteiger partial charge in [0.1, 0.15) is 0 Å². The first-order valence-electron chi connectivity index (χ1n) is 8.23. The Morgan fingerprint density at radius 3 is 2.31 bits per heavy atom. The van der Waals surface area contributed by atoms with E-state index >= 15 is 0 Å². The van der Waals surface area contributed by atoms with E-state index in [0.717, 1.165) is 11.1 Å². The Bertz CT molecular complexity index is 837. The Hall–Kier alpha value is -3.21. The second-order valence-corrected chi connectivity index (χ2v) is 5.89. The molecule has 0 aromatic heterocycles. The third-order valence-corrected chi connectivity index (χ3v) is 3.81. The van der Waals surface area contributed by atoms with E-state index in [1.54, 1.807) is 30.3 Å². The standard InChI is InChI=1S/C21H21NO4/c1-14-6-4-5-7-17(14)10-13-20(24)26-16(3)21(25)22-19-11-8-18(9-12-19)15(2)23/h4-13,16H,1-3H3,(H,22,25)/b13-10+/t16-/m1/s1. The molecule has 2 aromatic carbocycles. The third kappa shape index (κ3) is 5.41. The third-order valence-electron chi connectivity index (χ3n) is 3.81. The van der Waals surface area contributed by atoms with Gasteiger partial charge in [-0.05, 0) is 62.2 Å². The predicted molar refractivity (Wildman–Crippen MR) is 101 cm³/mol. The molecule has 1 atom stereocenters. The molecule has 2 rings (SSSR count). The van der Waals surface area contributed by atoms with Crippen LogP contribution >= 0.6 is 0 Å². The first-order valence-corrected chi connectivity index (χ1v) is 8.23. The topological polar surface area (TPSA) is 72.5 Å². The van der Waals surface area contributed by atoms with Gasteiger partial charge in [-0.2, -0.15) is 0 Å². The van der Waals surface area contributed by atoms with Gasteiger partial charge in [-0.25, -0.2) is 4.79 Å². The number of anilines is 1. The molecule has 5 nitrogen and oxygen atoms in total. The van der Waals surface area contributed by atoms with Crippen LogP contribution < -0.4 is 5.32 Å². The van der Waals surface area contributed by atoms with Gasteiger partial charge >= 0.3 is 5.97 Å². The number of rotatable bonds is 6. The van der Waals surface area contributed by atoms with Crippen molar-refractivity contribution in [3.8, 4) is 0 Å². The van der Waals surface area contributed by atoms with Crippen molar-refractivity contribution in [1.82, 2.24) is 0 Å². The zero-order valence-corrected chi connectivity index (χ0v) is 15.0. The van der Waals surface area contributed by atoms with Gasteiger partial charge in [0.15, 0.2) is 11.9 Å². The summed E-state index contributed by atoms with van der Waals surface area (Å²) in [4.78, 5) is 35.2. The average Bonchev–Trinajstić information content (AvgIpc) is 2.61. The maximum absolute atomic E-state index is 12.1. The van der Waals surface area contributed by atoms with Crippen LogP contribution in [0.4, 0.5) is 5.69 Å². The molecular formula is C21H21NO4. The van der Waals surface area contributed by atoms with Gasteiger partial charge in [0.25, 0.3) is 5.91 Å². The lowest BCUT2D eigenvalue weighted by atomic mass is 10.1. The number of Topliss-reactive ketones (excluding diaryl/α,β-unsaturated/α-hetero) is 1. The van der Waals surface area contributed by atoms with Gasteiger partial charge in [-0.15, -0.1) is 0 Å². The molecule has 2 aromatic rings. The molecule has 26 heavy (non-hydrogen) atoms. The van der Waals surface area contributed by atoms with Crippen molar-refractivity contribution in [2.75, 3.05) is 5.32 Å². The summed E-state index contributed by atoms with van der Waals surface area (Å²) >= 11 is 0. The lowest BCUT2D eigenvalue weighted by Crippen LogP contribution is -2.29. The van der Waals surface area contributed by atoms with E-state index in [9.17, 15) is 14.4 Å². The van der Waals surface area contributed by atoms with E-state index in [0.29, 0.717) is 11.3 Å². The number of carbonyl (C=O) groups is 3. The highest BCUT2D eigenvalue weighted by atomic mass is 16.5. The van der Waals surface area contributed by atoms with Crippen LogP contribution in [0.5, 0.6) is 0 Å². The molecule has 0 aliphatic rings. The van der Waals surface area contributed by atoms with Gasteiger partial charge in [-0.1, -0.05) is 24.3 Å². The lowest BCUT2D eigenvalue weighted by molar-refractivity contribution is -0.148. The molecule has 0 saturated carbocycles. The maximum atomic E-state index is 12.1. The molecule has 1 N–H and O–H groups in total. The number of hydrogen-bond acceptors (Lipinski definition) is 4. The van der Waals surface area contributed by atoms with Crippen molar-refractivity contribution in [3.05, 3.63) is 71.3 Å². The number of hydrogen-bond donors (Lipinski definition) is 1. The quantitative estimate of drug-likeness (QED) is 0.488. The van der Waals surface area contributed by atoms with Crippen LogP contribution in [-0.2, 0) is 14.3 Å². The molecule has 0 fully saturated rings. The summed E-state index contributed by atoms with van der Waals surface area (Å²) < 4.78 is 5.12. The summed E-state index contributed by atoms with van der Waals surface area (Å²) in [5.74, 6) is -1.09. The van der Waals surface area contributed by atoms with Crippen LogP contribution in [-0.4, -0.2) is 23.8 Å². The van der Waals surface area contributed by atoms with E-state index in [1.165, 1.54) is 19.9 Å². The molecule has 0 bridgehead atoms. The van der Waals surface area contributed by atoms with Crippen molar-refractivity contribution in [1.29, 1.82) is 0 Å². The van der Waals surface area contributed by atoms with Crippen LogP contribution in [0.25, 0.3) is 6.08 Å². The molecular weight excluding hydrogens is 330 g/mol. The molecule has 0 radical (unpaired) electrons. The predicted octanol–water partition coefficient (Wildman–Crippen LogP) is 3.78. The largest absolute Gasteiger partial charge is 0.449 e. The SMILES string of the molecule is CC(=O)c1ccc(NC(=O)[C@@H](C)OC(=O)/C=C/c2ccccc2C)cc1. The average molecular weight is 351 g/mol. The molecule has 0 unspecified atom stereocenters. The Morgan fingerprint density at radius 1 is 1.04 bits per heavy atom. The van der Waals surface area contributed by atoms with Gasteiger partial charge < -0.3 is 10.1 Å². The van der Waals surface area contributed by atoms with Crippen LogP contribution in [0.3, 0.4) is 0 Å². The summed E-state index contributed by atoms with van der Waals surface area (Å²) in [6.45, 7) is 4.91. The zero-order chi connectivity index (χ0) is 19.1. The monoisotopic (exact) mass is 351 g/mol. The van der Waals surface area contributed by atoms with Crippen molar-refractivity contribution >= 4 is 29.4 Å². The Balaban J connectivity index is 1.90. The number of nitrogens with one attached hydrogen (secondary N) is 1. The van der Waals surface area contributed by atoms with Crippen molar-refractivity contribution in [2.45, 2.75) is 26.9 Å². The smallest absolute Gasteiger partial charge is 0.331 e. The van der Waals surface area contributed by atoms with E-state index in [4.69, 9.17) is 4.74 Å². The first kappa shape index (κ1) is 19.1. The van der Waals surface area contributed by atoms with Gasteiger partial charge in [0, 0.05) is 17.3 Å². The molecule has 0 aliphatic carbocycles. The second kappa shape index (κ2) is 8.76. The van der Waals surface area contributed by atoms with Crippen LogP contribution in [0.15, 0.2) is 54.6 Å². The van der Waals surface area contributed by atoms with Gasteiger partial charge in [-0.3, -0.25) is 9.59 Å². The number of ketones is 1. The number of benzene rings is 2. The van der Waals surface area contributed by atoms with E-state index in [2.05, 4.69) is 5.32 Å². The minimum Gasteiger partial charge on any atom is -0.449 e. The van der Waals surface area contributed by atoms with Crippen LogP contribution in [0, 0.1) is 6.92 Å². The number of ether oxygens (including phenoxy) is 1. The number of esters is 1. The zero-order valence-electron chi connectivity index (χ0n) is 15.0. The van der Waals surface area contributed by atoms with Crippen LogP contribution in [0.1, 0.15) is 35.3 Å².